The van der Waals surface area contributed by atoms with Crippen molar-refractivity contribution in [2.24, 2.45) is 11.3 Å². The Balaban J connectivity index is 2.63. The highest BCUT2D eigenvalue weighted by molar-refractivity contribution is 9.09. The van der Waals surface area contributed by atoms with Crippen LogP contribution in [0.1, 0.15) is 26.3 Å². The van der Waals surface area contributed by atoms with Crippen LogP contribution in [0.3, 0.4) is 0 Å². The molecule has 17 heavy (non-hydrogen) atoms. The van der Waals surface area contributed by atoms with E-state index in [9.17, 15) is 4.39 Å². The zero-order valence-corrected chi connectivity index (χ0v) is 12.5. The van der Waals surface area contributed by atoms with Gasteiger partial charge in [-0.25, -0.2) is 4.39 Å². The molecule has 1 aromatic rings. The van der Waals surface area contributed by atoms with E-state index in [1.54, 1.807) is 19.1 Å². The quantitative estimate of drug-likeness (QED) is 0.740. The van der Waals surface area contributed by atoms with Gasteiger partial charge in [0.15, 0.2) is 0 Å². The average molecular weight is 303 g/mol. The van der Waals surface area contributed by atoms with E-state index in [1.807, 2.05) is 0 Å². The van der Waals surface area contributed by atoms with Gasteiger partial charge in [-0.3, -0.25) is 0 Å². The normalized spacial score (nSPS) is 13.5. The molecule has 96 valence electrons. The lowest BCUT2D eigenvalue weighted by molar-refractivity contribution is 0.166. The van der Waals surface area contributed by atoms with E-state index >= 15 is 0 Å². The first-order valence-corrected chi connectivity index (χ1v) is 6.91. The minimum atomic E-state index is -0.190. The van der Waals surface area contributed by atoms with Crippen LogP contribution < -0.4 is 4.74 Å². The third-order valence-corrected chi connectivity index (χ3v) is 3.77. The highest BCUT2D eigenvalue weighted by Crippen LogP contribution is 2.28. The van der Waals surface area contributed by atoms with Crippen molar-refractivity contribution in [3.05, 3.63) is 29.6 Å². The third-order valence-electron chi connectivity index (χ3n) is 2.99. The predicted molar refractivity (Wildman–Crippen MR) is 73.4 cm³/mol. The Bertz CT molecular complexity index is 371. The summed E-state index contributed by atoms with van der Waals surface area (Å²) in [5, 5.41) is 0.899. The van der Waals surface area contributed by atoms with E-state index < -0.39 is 0 Å². The lowest BCUT2D eigenvalue weighted by Gasteiger charge is -2.29. The summed E-state index contributed by atoms with van der Waals surface area (Å²) in [6, 6.07) is 4.87. The van der Waals surface area contributed by atoms with Crippen LogP contribution >= 0.6 is 15.9 Å². The van der Waals surface area contributed by atoms with Crippen molar-refractivity contribution in [2.75, 3.05) is 11.9 Å². The van der Waals surface area contributed by atoms with Crippen LogP contribution in [-0.4, -0.2) is 11.9 Å². The van der Waals surface area contributed by atoms with Gasteiger partial charge in [0.25, 0.3) is 0 Å². The second kappa shape index (κ2) is 5.85. The minimum Gasteiger partial charge on any atom is -0.493 e. The molecule has 1 rings (SSSR count). The summed E-state index contributed by atoms with van der Waals surface area (Å²) >= 11 is 3.51. The molecule has 0 spiro atoms. The Labute approximate surface area is 111 Å². The van der Waals surface area contributed by atoms with Gasteiger partial charge in [0.1, 0.15) is 11.6 Å². The molecule has 0 aliphatic rings. The third kappa shape index (κ3) is 4.30. The molecule has 1 nitrogen and oxygen atoms in total. The number of hydrogen-bond acceptors (Lipinski definition) is 1. The summed E-state index contributed by atoms with van der Waals surface area (Å²) in [6.07, 6.45) is 0. The van der Waals surface area contributed by atoms with Crippen LogP contribution in [0, 0.1) is 24.1 Å². The first-order valence-electron chi connectivity index (χ1n) is 5.79. The molecular formula is C14H20BrFO. The Morgan fingerprint density at radius 3 is 2.47 bits per heavy atom. The zero-order valence-electron chi connectivity index (χ0n) is 10.9. The molecule has 0 amide bonds. The monoisotopic (exact) mass is 302 g/mol. The fourth-order valence-corrected chi connectivity index (χ4v) is 2.59. The molecule has 0 aliphatic heterocycles. The topological polar surface area (TPSA) is 9.23 Å². The maximum atomic E-state index is 13.1. The Hall–Kier alpha value is -0.570. The molecule has 1 unspecified atom stereocenters. The van der Waals surface area contributed by atoms with Crippen LogP contribution in [0.4, 0.5) is 4.39 Å². The highest BCUT2D eigenvalue weighted by Gasteiger charge is 2.24. The first-order chi connectivity index (χ1) is 7.84. The molecule has 0 bridgehead atoms. The Morgan fingerprint density at radius 1 is 1.35 bits per heavy atom. The lowest BCUT2D eigenvalue weighted by Crippen LogP contribution is -2.27. The predicted octanol–water partition coefficient (Wildman–Crippen LogP) is 4.57. The summed E-state index contributed by atoms with van der Waals surface area (Å²) in [7, 11) is 0. The zero-order chi connectivity index (χ0) is 13.1. The van der Waals surface area contributed by atoms with Gasteiger partial charge in [0, 0.05) is 11.2 Å². The van der Waals surface area contributed by atoms with Crippen LogP contribution in [0.2, 0.25) is 0 Å². The van der Waals surface area contributed by atoms with E-state index in [-0.39, 0.29) is 11.2 Å². The molecular weight excluding hydrogens is 283 g/mol. The highest BCUT2D eigenvalue weighted by atomic mass is 79.9. The molecule has 0 saturated carbocycles. The summed E-state index contributed by atoms with van der Waals surface area (Å²) in [4.78, 5) is 0. The van der Waals surface area contributed by atoms with Gasteiger partial charge in [-0.1, -0.05) is 36.7 Å². The van der Waals surface area contributed by atoms with Crippen LogP contribution in [0.15, 0.2) is 18.2 Å². The molecule has 0 radical (unpaired) electrons. The maximum Gasteiger partial charge on any atom is 0.126 e. The Kier molecular flexibility index (Phi) is 4.99. The summed E-state index contributed by atoms with van der Waals surface area (Å²) in [5.74, 6) is 0.970. The number of halogens is 2. The van der Waals surface area contributed by atoms with Gasteiger partial charge in [-0.2, -0.15) is 0 Å². The molecule has 0 aliphatic carbocycles. The SMILES string of the molecule is Cc1cc(OCC(CBr)C(C)(C)C)ccc1F. The van der Waals surface area contributed by atoms with Crippen molar-refractivity contribution >= 4 is 15.9 Å². The molecule has 0 heterocycles. The van der Waals surface area contributed by atoms with Gasteiger partial charge in [0.05, 0.1) is 6.61 Å². The Morgan fingerprint density at radius 2 is 2.00 bits per heavy atom. The largest absolute Gasteiger partial charge is 0.493 e. The summed E-state index contributed by atoms with van der Waals surface area (Å²) in [6.45, 7) is 8.96. The van der Waals surface area contributed by atoms with Gasteiger partial charge >= 0.3 is 0 Å². The molecule has 0 fully saturated rings. The number of rotatable bonds is 4. The van der Waals surface area contributed by atoms with Crippen molar-refractivity contribution in [1.29, 1.82) is 0 Å². The average Bonchev–Trinajstić information content (AvgIpc) is 2.22. The van der Waals surface area contributed by atoms with E-state index in [4.69, 9.17) is 4.74 Å². The molecule has 0 N–H and O–H groups in total. The fraction of sp³-hybridized carbons (Fsp3) is 0.571. The first kappa shape index (κ1) is 14.5. The molecule has 0 aromatic heterocycles. The standard InChI is InChI=1S/C14H20BrFO/c1-10-7-12(5-6-13(10)16)17-9-11(8-15)14(2,3)4/h5-7,11H,8-9H2,1-4H3. The number of benzene rings is 1. The van der Waals surface area contributed by atoms with Crippen LogP contribution in [0.25, 0.3) is 0 Å². The fourth-order valence-electron chi connectivity index (χ4n) is 1.43. The number of alkyl halides is 1. The van der Waals surface area contributed by atoms with E-state index in [2.05, 4.69) is 36.7 Å². The number of ether oxygens (including phenoxy) is 1. The lowest BCUT2D eigenvalue weighted by atomic mass is 9.83. The van der Waals surface area contributed by atoms with Gasteiger partial charge in [-0.15, -0.1) is 0 Å². The summed E-state index contributed by atoms with van der Waals surface area (Å²) in [5.41, 5.74) is 0.812. The minimum absolute atomic E-state index is 0.190. The van der Waals surface area contributed by atoms with E-state index in [0.29, 0.717) is 18.1 Å². The number of aryl methyl sites for hydroxylation is 1. The van der Waals surface area contributed by atoms with Crippen LogP contribution in [0.5, 0.6) is 5.75 Å². The van der Waals surface area contributed by atoms with Crippen molar-refractivity contribution in [2.45, 2.75) is 27.7 Å². The second-order valence-corrected chi connectivity index (χ2v) is 6.09. The molecule has 1 aromatic carbocycles. The van der Waals surface area contributed by atoms with Gasteiger partial charge in [0.2, 0.25) is 0 Å². The van der Waals surface area contributed by atoms with Gasteiger partial charge < -0.3 is 4.74 Å². The molecule has 3 heteroatoms. The van der Waals surface area contributed by atoms with E-state index in [1.165, 1.54) is 6.07 Å². The van der Waals surface area contributed by atoms with Crippen molar-refractivity contribution < 1.29 is 9.13 Å². The number of hydrogen-bond donors (Lipinski definition) is 0. The van der Waals surface area contributed by atoms with Crippen LogP contribution in [-0.2, 0) is 0 Å². The van der Waals surface area contributed by atoms with Crippen molar-refractivity contribution in [3.8, 4) is 5.75 Å². The molecule has 0 saturated heterocycles. The van der Waals surface area contributed by atoms with Crippen molar-refractivity contribution in [3.63, 3.8) is 0 Å². The van der Waals surface area contributed by atoms with E-state index in [0.717, 1.165) is 11.1 Å². The summed E-state index contributed by atoms with van der Waals surface area (Å²) < 4.78 is 18.8. The second-order valence-electron chi connectivity index (χ2n) is 5.44. The molecule has 1 atom stereocenters. The smallest absolute Gasteiger partial charge is 0.126 e. The van der Waals surface area contributed by atoms with Gasteiger partial charge in [-0.05, 0) is 36.1 Å². The maximum absolute atomic E-state index is 13.1. The van der Waals surface area contributed by atoms with Crippen molar-refractivity contribution in [1.82, 2.24) is 0 Å².